The number of hydrogen-bond donors (Lipinski definition) is 24. The summed E-state index contributed by atoms with van der Waals surface area (Å²) in [6.45, 7) is 20.4. The summed E-state index contributed by atoms with van der Waals surface area (Å²) >= 11 is 0. The van der Waals surface area contributed by atoms with Crippen LogP contribution >= 0.6 is 0 Å². The first-order valence-corrected chi connectivity index (χ1v) is 45.7. The highest BCUT2D eigenvalue weighted by Crippen LogP contribution is 2.76. The Labute approximate surface area is 763 Å². The third-order valence-corrected chi connectivity index (χ3v) is 31.8. The predicted octanol–water partition coefficient (Wildman–Crippen LogP) is -7.11. The molecule has 4 saturated carbocycles. The number of aliphatic hydroxyl groups is 23. The van der Waals surface area contributed by atoms with Crippen molar-refractivity contribution in [3.8, 4) is 0 Å². The van der Waals surface area contributed by atoms with E-state index in [0.29, 0.717) is 32.1 Å². The van der Waals surface area contributed by atoms with Crippen LogP contribution < -0.4 is 5.32 Å². The first-order valence-electron chi connectivity index (χ1n) is 45.7. The molecule has 12 fully saturated rings. The summed E-state index contributed by atoms with van der Waals surface area (Å²) in [5.74, 6) is -4.29. The van der Waals surface area contributed by atoms with Gasteiger partial charge in [0.25, 0.3) is 0 Å². The largest absolute Gasteiger partial charge is 0.458 e. The molecule has 8 heterocycles. The molecule has 24 N–H and O–H groups in total. The van der Waals surface area contributed by atoms with Crippen LogP contribution in [-0.2, 0) is 94.9 Å². The molecule has 0 aromatic rings. The molecule has 0 aromatic heterocycles. The number of ether oxygens (including phenoxy) is 17. The molecule has 0 radical (unpaired) electrons. The predicted molar refractivity (Wildman–Crippen MR) is 441 cm³/mol. The van der Waals surface area contributed by atoms with Crippen molar-refractivity contribution < 1.29 is 212 Å². The maximum Gasteiger partial charge on any atom is 0.336 e. The quantitative estimate of drug-likeness (QED) is 0.0150. The smallest absolute Gasteiger partial charge is 0.336 e. The van der Waals surface area contributed by atoms with Crippen LogP contribution in [0.2, 0.25) is 0 Å². The molecule has 49 unspecified atom stereocenters. The van der Waals surface area contributed by atoms with E-state index in [1.165, 1.54) is 39.8 Å². The first-order chi connectivity index (χ1) is 61.9. The molecule has 5 aliphatic carbocycles. The van der Waals surface area contributed by atoms with E-state index in [2.05, 4.69) is 52.6 Å². The second kappa shape index (κ2) is 41.0. The van der Waals surface area contributed by atoms with E-state index >= 15 is 4.79 Å². The second-order valence-electron chi connectivity index (χ2n) is 40.8. The SMILES string of the molecule is C=CC(C)(CC/C=C(/CO)C(=O)OC1CC2(C(=O)OC3OC(CO)C(O)C(O)C3OC3OC(C)C(OC4OC(CO)C(O)C4O)C(OC4OC(CO)C(O)C(O)C4O)C3O)C(O)CC3(C)C(=CCC4C5(C)CCC(OC6OC(COC7OC(C)C(O)C(O)C7OC7OCC(O)C(O)C7O)C(O)C(O)C6NC(C)=O)C(C)(C)C5CCC43C)C2CC1(C)C)OC1OC(C)C(O)C(O)C1O. The minimum atomic E-state index is -2.28. The summed E-state index contributed by atoms with van der Waals surface area (Å²) in [4.78, 5) is 44.7. The van der Waals surface area contributed by atoms with Gasteiger partial charge in [-0.3, -0.25) is 9.59 Å². The fraction of sp³-hybridized carbons (Fsp3) is 0.898. The highest BCUT2D eigenvalue weighted by atomic mass is 16.8. The average Bonchev–Trinajstić information content (AvgIpc) is 0.700. The van der Waals surface area contributed by atoms with Crippen molar-refractivity contribution in [2.45, 2.75) is 405 Å². The maximum absolute atomic E-state index is 16.8. The summed E-state index contributed by atoms with van der Waals surface area (Å²) in [6.07, 6.45) is -61.8. The first kappa shape index (κ1) is 105. The molecule has 8 saturated heterocycles. The summed E-state index contributed by atoms with van der Waals surface area (Å²) in [6, 6.07) is -1.37. The van der Waals surface area contributed by atoms with Gasteiger partial charge in [0, 0.05) is 18.8 Å². The monoisotopic (exact) mass is 1900 g/mol. The number of nitrogens with one attached hydrogen (secondary N) is 1. The van der Waals surface area contributed by atoms with Gasteiger partial charge in [0.05, 0.1) is 81.3 Å². The fourth-order valence-electron chi connectivity index (χ4n) is 23.5. The van der Waals surface area contributed by atoms with Gasteiger partial charge in [-0.05, 0) is 125 Å². The fourth-order valence-corrected chi connectivity index (χ4v) is 23.5. The molecule has 132 heavy (non-hydrogen) atoms. The number of amides is 1. The topological polar surface area (TPSA) is 685 Å². The normalized spacial score (nSPS) is 50.7. The van der Waals surface area contributed by atoms with Crippen LogP contribution in [0.25, 0.3) is 0 Å². The van der Waals surface area contributed by atoms with E-state index in [1.54, 1.807) is 20.8 Å². The molecule has 8 aliphatic heterocycles. The highest BCUT2D eigenvalue weighted by molar-refractivity contribution is 5.89. The minimum absolute atomic E-state index is 0.0184. The van der Waals surface area contributed by atoms with Crippen molar-refractivity contribution in [3.05, 3.63) is 36.0 Å². The Kier molecular flexibility index (Phi) is 32.7. The number of esters is 2. The van der Waals surface area contributed by atoms with Crippen LogP contribution in [0.5, 0.6) is 0 Å². The van der Waals surface area contributed by atoms with Crippen molar-refractivity contribution in [2.75, 3.05) is 39.6 Å². The summed E-state index contributed by atoms with van der Waals surface area (Å²) < 4.78 is 104. The lowest BCUT2D eigenvalue weighted by molar-refractivity contribution is -0.390. The van der Waals surface area contributed by atoms with Gasteiger partial charge in [-0.2, -0.15) is 0 Å². The number of fused-ring (bicyclic) bond motifs is 7. The van der Waals surface area contributed by atoms with Gasteiger partial charge in [-0.1, -0.05) is 72.3 Å². The minimum Gasteiger partial charge on any atom is -0.458 e. The number of rotatable bonds is 28. The van der Waals surface area contributed by atoms with Gasteiger partial charge in [-0.25, -0.2) is 4.79 Å². The lowest BCUT2D eigenvalue weighted by atomic mass is 9.33. The third kappa shape index (κ3) is 19.5. The zero-order valence-corrected chi connectivity index (χ0v) is 76.1. The van der Waals surface area contributed by atoms with Crippen molar-refractivity contribution in [3.63, 3.8) is 0 Å². The summed E-state index contributed by atoms with van der Waals surface area (Å²) in [5, 5.41) is 259. The van der Waals surface area contributed by atoms with Crippen molar-refractivity contribution in [2.24, 2.45) is 50.2 Å². The van der Waals surface area contributed by atoms with Gasteiger partial charge in [-0.15, -0.1) is 6.58 Å². The molecule has 0 spiro atoms. The molecule has 44 heteroatoms. The van der Waals surface area contributed by atoms with Crippen LogP contribution in [0.15, 0.2) is 36.0 Å². The van der Waals surface area contributed by atoms with E-state index in [9.17, 15) is 127 Å². The Balaban J connectivity index is 0.799. The third-order valence-electron chi connectivity index (χ3n) is 31.8. The Morgan fingerprint density at radius 1 is 0.508 bits per heavy atom. The van der Waals surface area contributed by atoms with Crippen LogP contribution in [0.1, 0.15) is 147 Å². The van der Waals surface area contributed by atoms with Gasteiger partial charge in [0.2, 0.25) is 12.2 Å². The van der Waals surface area contributed by atoms with E-state index in [4.69, 9.17) is 80.5 Å². The van der Waals surface area contributed by atoms with Gasteiger partial charge < -0.3 is 203 Å². The van der Waals surface area contributed by atoms with Crippen molar-refractivity contribution >= 4 is 17.8 Å². The molecule has 44 nitrogen and oxygen atoms in total. The highest BCUT2D eigenvalue weighted by Gasteiger charge is 2.74. The number of aliphatic hydroxyl groups excluding tert-OH is 23. The molecular weight excluding hydrogens is 1760 g/mol. The average molecular weight is 1900 g/mol. The molecular formula is C88H141NO43. The van der Waals surface area contributed by atoms with Crippen LogP contribution in [-0.4, -0.2) is 432 Å². The molecule has 0 bridgehead atoms. The lowest BCUT2D eigenvalue weighted by Gasteiger charge is -2.72. The standard InChI is InChI=1S/C88H141NO43/c1-14-84(10,132-78-66(112)59(105)51(97)33(2)118-78)21-15-16-37(27-90)72(114)125-49-26-88(81(115)131-80-71(62(108)55(101)42(29-92)123-80)130-77-67(113)69(128-76-65(111)60(106)54(100)41(28-91)121-76)68(35(4)120-77)127-75-64(110)56(102)43(30-93)122-75)39(24-82(49,6)7)38-17-18-46-85(11)22-20-48(83(8,9)45(85)19-23-86(46,12)87(38,13)25-47(88)96)126-73-50(89-36(5)94)58(104)57(103)44(124-73)32-117-79-70(61(107)52(98)34(3)119-79)129-74-63(109)53(99)40(95)31-116-74/h14,16-17,33-35,39-71,73-80,90-93,95-113H,1,15,18-32H2,2-13H3,(H,89,94)/b37-16-. The molecule has 756 valence electrons. The van der Waals surface area contributed by atoms with Gasteiger partial charge in [0.15, 0.2) is 50.1 Å². The number of hydrogen-bond acceptors (Lipinski definition) is 43. The second-order valence-corrected chi connectivity index (χ2v) is 40.8. The maximum atomic E-state index is 16.8. The van der Waals surface area contributed by atoms with E-state index in [-0.39, 0.29) is 43.1 Å². The van der Waals surface area contributed by atoms with Crippen LogP contribution in [0.3, 0.4) is 0 Å². The molecule has 1 amide bonds. The zero-order chi connectivity index (χ0) is 97.0. The van der Waals surface area contributed by atoms with Crippen molar-refractivity contribution in [1.82, 2.24) is 5.32 Å². The van der Waals surface area contributed by atoms with E-state index in [1.807, 2.05) is 0 Å². The summed E-state index contributed by atoms with van der Waals surface area (Å²) in [5.41, 5.74) is -7.29. The Morgan fingerprint density at radius 3 is 1.64 bits per heavy atom. The van der Waals surface area contributed by atoms with Crippen LogP contribution in [0.4, 0.5) is 0 Å². The molecule has 13 aliphatic rings. The van der Waals surface area contributed by atoms with Gasteiger partial charge >= 0.3 is 11.9 Å². The molecule has 0 aromatic carbocycles. The Bertz CT molecular complexity index is 3980. The van der Waals surface area contributed by atoms with Gasteiger partial charge in [0.1, 0.15) is 170 Å². The van der Waals surface area contributed by atoms with Crippen LogP contribution in [0, 0.1) is 50.2 Å². The number of allylic oxidation sites excluding steroid dienone is 3. The van der Waals surface area contributed by atoms with E-state index < -0.39 is 360 Å². The van der Waals surface area contributed by atoms with E-state index in [0.717, 1.165) is 5.57 Å². The zero-order valence-electron chi connectivity index (χ0n) is 76.1. The Morgan fingerprint density at radius 2 is 1.02 bits per heavy atom. The summed E-state index contributed by atoms with van der Waals surface area (Å²) in [7, 11) is 0. The lowest BCUT2D eigenvalue weighted by Crippen LogP contribution is -2.70. The number of carbonyl (C=O) groups is 3. The molecule has 13 rings (SSSR count). The number of carbonyl (C=O) groups excluding carboxylic acids is 3. The van der Waals surface area contributed by atoms with Crippen molar-refractivity contribution in [1.29, 1.82) is 0 Å². The Hall–Kier alpha value is -3.89. The molecule has 49 atom stereocenters.